The first kappa shape index (κ1) is 20.9. The first-order chi connectivity index (χ1) is 13.6. The third-order valence-corrected chi connectivity index (χ3v) is 6.13. The fraction of sp³-hybridized carbons (Fsp3) is 0.682. The highest BCUT2D eigenvalue weighted by Gasteiger charge is 2.43. The number of guanidine groups is 1. The van der Waals surface area contributed by atoms with E-state index in [4.69, 9.17) is 9.47 Å². The number of rotatable bonds is 9. The number of hydrogen-bond acceptors (Lipinski definition) is 4. The lowest BCUT2D eigenvalue weighted by atomic mass is 9.68. The molecule has 28 heavy (non-hydrogen) atoms. The van der Waals surface area contributed by atoms with E-state index in [0.717, 1.165) is 51.0 Å². The van der Waals surface area contributed by atoms with Gasteiger partial charge in [0.15, 0.2) is 5.96 Å². The average molecular weight is 389 g/mol. The Balaban J connectivity index is 1.43. The predicted octanol–water partition coefficient (Wildman–Crippen LogP) is 2.59. The number of methoxy groups -OCH3 is 1. The molecule has 0 aromatic heterocycles. The lowest BCUT2D eigenvalue weighted by Crippen LogP contribution is -2.42. The number of benzene rings is 1. The van der Waals surface area contributed by atoms with Crippen molar-refractivity contribution in [3.8, 4) is 5.75 Å². The minimum absolute atomic E-state index is 0.585. The molecule has 1 N–H and O–H groups in total. The van der Waals surface area contributed by atoms with E-state index in [2.05, 4.69) is 45.4 Å². The van der Waals surface area contributed by atoms with Crippen LogP contribution in [0.3, 0.4) is 0 Å². The van der Waals surface area contributed by atoms with E-state index < -0.39 is 0 Å². The number of ether oxygens (including phenoxy) is 2. The van der Waals surface area contributed by atoms with Crippen LogP contribution in [0, 0.1) is 5.41 Å². The molecule has 3 rings (SSSR count). The van der Waals surface area contributed by atoms with E-state index in [-0.39, 0.29) is 0 Å². The first-order valence-corrected chi connectivity index (χ1v) is 10.5. The lowest BCUT2D eigenvalue weighted by Gasteiger charge is -2.38. The zero-order valence-corrected chi connectivity index (χ0v) is 17.7. The van der Waals surface area contributed by atoms with Crippen LogP contribution in [-0.4, -0.2) is 76.4 Å². The van der Waals surface area contributed by atoms with Gasteiger partial charge >= 0.3 is 0 Å². The van der Waals surface area contributed by atoms with Crippen molar-refractivity contribution in [2.24, 2.45) is 10.4 Å². The maximum absolute atomic E-state index is 5.93. The lowest BCUT2D eigenvalue weighted by molar-refractivity contribution is 0.150. The predicted molar refractivity (Wildman–Crippen MR) is 114 cm³/mol. The van der Waals surface area contributed by atoms with Gasteiger partial charge in [-0.3, -0.25) is 4.99 Å². The van der Waals surface area contributed by atoms with Gasteiger partial charge in [0.2, 0.25) is 0 Å². The van der Waals surface area contributed by atoms with Crippen molar-refractivity contribution in [1.29, 1.82) is 0 Å². The van der Waals surface area contributed by atoms with Crippen LogP contribution >= 0.6 is 0 Å². The fourth-order valence-corrected chi connectivity index (χ4v) is 4.14. The van der Waals surface area contributed by atoms with Crippen molar-refractivity contribution in [3.05, 3.63) is 29.8 Å². The molecule has 0 atom stereocenters. The Morgan fingerprint density at radius 1 is 1.25 bits per heavy atom. The van der Waals surface area contributed by atoms with Gasteiger partial charge in [-0.15, -0.1) is 0 Å². The maximum atomic E-state index is 5.93. The van der Waals surface area contributed by atoms with E-state index in [1.807, 2.05) is 13.1 Å². The van der Waals surface area contributed by atoms with Crippen LogP contribution in [0.15, 0.2) is 29.3 Å². The standard InChI is InChI=1S/C22H36N4O2/c1-23-21(26-11-10-22(18-26)8-5-9-22)24-17-19-6-4-7-20(16-19)28-15-13-25(2)12-14-27-3/h4,6-7,16H,5,8-15,17-18H2,1-3H3,(H,23,24). The Hall–Kier alpha value is -1.79. The van der Waals surface area contributed by atoms with Gasteiger partial charge in [0.1, 0.15) is 12.4 Å². The van der Waals surface area contributed by atoms with Crippen LogP contribution in [0.1, 0.15) is 31.2 Å². The minimum atomic E-state index is 0.585. The number of likely N-dealkylation sites (N-methyl/N-ethyl adjacent to an activating group) is 1. The summed E-state index contributed by atoms with van der Waals surface area (Å²) >= 11 is 0. The summed E-state index contributed by atoms with van der Waals surface area (Å²) in [6.45, 7) is 6.27. The van der Waals surface area contributed by atoms with Crippen molar-refractivity contribution >= 4 is 5.96 Å². The molecule has 0 bridgehead atoms. The molecule has 6 nitrogen and oxygen atoms in total. The zero-order chi connectivity index (χ0) is 19.8. The van der Waals surface area contributed by atoms with Gasteiger partial charge in [0.25, 0.3) is 0 Å². The van der Waals surface area contributed by atoms with Crippen molar-refractivity contribution in [3.63, 3.8) is 0 Å². The minimum Gasteiger partial charge on any atom is -0.492 e. The SMILES string of the molecule is CN=C(NCc1cccc(OCCN(C)CCOC)c1)N1CCC2(CCC2)C1. The third kappa shape index (κ3) is 5.61. The summed E-state index contributed by atoms with van der Waals surface area (Å²) in [6.07, 6.45) is 5.49. The van der Waals surface area contributed by atoms with E-state index >= 15 is 0 Å². The van der Waals surface area contributed by atoms with Crippen molar-refractivity contribution < 1.29 is 9.47 Å². The molecule has 6 heteroatoms. The van der Waals surface area contributed by atoms with Crippen LogP contribution in [0.5, 0.6) is 5.75 Å². The molecule has 0 amide bonds. The number of nitrogens with one attached hydrogen (secondary N) is 1. The van der Waals surface area contributed by atoms with Crippen LogP contribution in [-0.2, 0) is 11.3 Å². The fourth-order valence-electron chi connectivity index (χ4n) is 4.14. The molecule has 2 fully saturated rings. The molecule has 1 aromatic carbocycles. The van der Waals surface area contributed by atoms with Gasteiger partial charge in [-0.25, -0.2) is 0 Å². The van der Waals surface area contributed by atoms with Gasteiger partial charge in [0.05, 0.1) is 6.61 Å². The van der Waals surface area contributed by atoms with E-state index in [1.165, 1.54) is 31.2 Å². The van der Waals surface area contributed by atoms with Crippen molar-refractivity contribution in [1.82, 2.24) is 15.1 Å². The number of aliphatic imine (C=N–C) groups is 1. The highest BCUT2D eigenvalue weighted by atomic mass is 16.5. The molecule has 1 spiro atoms. The van der Waals surface area contributed by atoms with E-state index in [9.17, 15) is 0 Å². The van der Waals surface area contributed by atoms with Crippen LogP contribution < -0.4 is 10.1 Å². The van der Waals surface area contributed by atoms with Crippen LogP contribution in [0.25, 0.3) is 0 Å². The molecule has 156 valence electrons. The molecule has 1 saturated heterocycles. The molecule has 1 aliphatic heterocycles. The number of hydrogen-bond donors (Lipinski definition) is 1. The molecular formula is C22H36N4O2. The van der Waals surface area contributed by atoms with Gasteiger partial charge in [-0.05, 0) is 49.4 Å². The Morgan fingerprint density at radius 2 is 2.07 bits per heavy atom. The molecule has 1 aromatic rings. The largest absolute Gasteiger partial charge is 0.492 e. The van der Waals surface area contributed by atoms with E-state index in [1.54, 1.807) is 7.11 Å². The van der Waals surface area contributed by atoms with Gasteiger partial charge < -0.3 is 24.6 Å². The van der Waals surface area contributed by atoms with Crippen LogP contribution in [0.2, 0.25) is 0 Å². The van der Waals surface area contributed by atoms with Gasteiger partial charge in [0, 0.05) is 46.9 Å². The summed E-state index contributed by atoms with van der Waals surface area (Å²) in [5.74, 6) is 1.94. The quantitative estimate of drug-likeness (QED) is 0.521. The molecule has 1 heterocycles. The molecule has 0 unspecified atom stereocenters. The Kier molecular flexibility index (Phi) is 7.57. The monoisotopic (exact) mass is 388 g/mol. The third-order valence-electron chi connectivity index (χ3n) is 6.13. The highest BCUT2D eigenvalue weighted by molar-refractivity contribution is 5.80. The zero-order valence-electron chi connectivity index (χ0n) is 17.7. The van der Waals surface area contributed by atoms with Crippen LogP contribution in [0.4, 0.5) is 0 Å². The summed E-state index contributed by atoms with van der Waals surface area (Å²) in [7, 11) is 5.70. The second-order valence-corrected chi connectivity index (χ2v) is 8.22. The highest BCUT2D eigenvalue weighted by Crippen LogP contribution is 2.47. The summed E-state index contributed by atoms with van der Waals surface area (Å²) < 4.78 is 11.0. The summed E-state index contributed by atoms with van der Waals surface area (Å²) in [4.78, 5) is 9.15. The molecule has 0 radical (unpaired) electrons. The number of likely N-dealkylation sites (tertiary alicyclic amines) is 1. The summed E-state index contributed by atoms with van der Waals surface area (Å²) in [6, 6.07) is 8.33. The summed E-state index contributed by atoms with van der Waals surface area (Å²) in [5, 5.41) is 3.54. The molecular weight excluding hydrogens is 352 g/mol. The molecule has 1 saturated carbocycles. The number of nitrogens with zero attached hydrogens (tertiary/aromatic N) is 3. The topological polar surface area (TPSA) is 49.3 Å². The Bertz CT molecular complexity index is 645. The van der Waals surface area contributed by atoms with Crippen molar-refractivity contribution in [2.75, 3.05) is 60.6 Å². The first-order valence-electron chi connectivity index (χ1n) is 10.5. The molecule has 1 aliphatic carbocycles. The van der Waals surface area contributed by atoms with Gasteiger partial charge in [-0.2, -0.15) is 0 Å². The van der Waals surface area contributed by atoms with Crippen molar-refractivity contribution in [2.45, 2.75) is 32.2 Å². The second kappa shape index (κ2) is 10.1. The van der Waals surface area contributed by atoms with E-state index in [0.29, 0.717) is 12.0 Å². The average Bonchev–Trinajstić information content (AvgIpc) is 3.13. The Labute approximate surface area is 169 Å². The molecule has 2 aliphatic rings. The normalized spacial score (nSPS) is 18.6. The maximum Gasteiger partial charge on any atom is 0.193 e. The van der Waals surface area contributed by atoms with Gasteiger partial charge in [-0.1, -0.05) is 18.6 Å². The Morgan fingerprint density at radius 3 is 2.75 bits per heavy atom. The smallest absolute Gasteiger partial charge is 0.193 e. The summed E-state index contributed by atoms with van der Waals surface area (Å²) in [5.41, 5.74) is 1.80. The second-order valence-electron chi connectivity index (χ2n) is 8.22.